The normalized spacial score (nSPS) is 16.6. The highest BCUT2D eigenvalue weighted by molar-refractivity contribution is 5.97. The number of amides is 2. The minimum Gasteiger partial charge on any atom is -0.315 e. The molecule has 0 fully saturated rings. The van der Waals surface area contributed by atoms with Crippen molar-refractivity contribution < 1.29 is 22.9 Å². The molecule has 0 saturated carbocycles. The van der Waals surface area contributed by atoms with Crippen LogP contribution in [0.1, 0.15) is 29.7 Å². The lowest BCUT2D eigenvalue weighted by atomic mass is 9.92. The van der Waals surface area contributed by atoms with Crippen molar-refractivity contribution in [3.05, 3.63) is 80.5 Å². The summed E-state index contributed by atoms with van der Waals surface area (Å²) in [6, 6.07) is 9.51. The molecule has 0 aromatic heterocycles. The first-order valence-corrected chi connectivity index (χ1v) is 9.04. The number of nitro groups is 1. The van der Waals surface area contributed by atoms with Crippen LogP contribution in [-0.2, 0) is 6.18 Å². The molecule has 0 saturated heterocycles. The van der Waals surface area contributed by atoms with E-state index in [0.717, 1.165) is 34.1 Å². The number of nitro benzene ring substituents is 1. The van der Waals surface area contributed by atoms with E-state index in [1.165, 1.54) is 32.2 Å². The van der Waals surface area contributed by atoms with Gasteiger partial charge in [-0.25, -0.2) is 4.79 Å². The predicted molar refractivity (Wildman–Crippen MR) is 106 cm³/mol. The van der Waals surface area contributed by atoms with Gasteiger partial charge in [-0.1, -0.05) is 6.07 Å². The largest absolute Gasteiger partial charge is 0.416 e. The molecular weight excluding hydrogens is 427 g/mol. The fraction of sp³-hybridized carbons (Fsp3) is 0.190. The van der Waals surface area contributed by atoms with Gasteiger partial charge in [-0.15, -0.1) is 0 Å². The summed E-state index contributed by atoms with van der Waals surface area (Å²) < 4.78 is 39.4. The quantitative estimate of drug-likeness (QED) is 0.497. The molecular formula is C21H14F3N5O3. The molecule has 3 rings (SSSR count). The lowest BCUT2D eigenvalue weighted by molar-refractivity contribution is -0.385. The molecule has 1 heterocycles. The Kier molecular flexibility index (Phi) is 5.60. The zero-order valence-corrected chi connectivity index (χ0v) is 16.7. The molecule has 32 heavy (non-hydrogen) atoms. The van der Waals surface area contributed by atoms with Gasteiger partial charge < -0.3 is 4.90 Å². The molecule has 0 N–H and O–H groups in total. The van der Waals surface area contributed by atoms with Crippen LogP contribution in [0.5, 0.6) is 0 Å². The van der Waals surface area contributed by atoms with Crippen molar-refractivity contribution in [3.8, 4) is 12.1 Å². The van der Waals surface area contributed by atoms with E-state index in [-0.39, 0.29) is 28.1 Å². The third-order valence-electron chi connectivity index (χ3n) is 5.08. The highest BCUT2D eigenvalue weighted by atomic mass is 19.4. The second-order valence-electron chi connectivity index (χ2n) is 6.93. The highest BCUT2D eigenvalue weighted by Crippen LogP contribution is 2.42. The summed E-state index contributed by atoms with van der Waals surface area (Å²) in [6.45, 7) is 1.38. The number of urea groups is 1. The first kappa shape index (κ1) is 22.3. The summed E-state index contributed by atoms with van der Waals surface area (Å²) in [5.41, 5.74) is -1.52. The molecule has 1 aliphatic rings. The van der Waals surface area contributed by atoms with E-state index in [1.54, 1.807) is 6.07 Å². The lowest BCUT2D eigenvalue weighted by Gasteiger charge is -2.39. The number of anilines is 1. The van der Waals surface area contributed by atoms with Crippen molar-refractivity contribution in [2.45, 2.75) is 19.1 Å². The zero-order chi connectivity index (χ0) is 23.8. The van der Waals surface area contributed by atoms with Gasteiger partial charge in [0.15, 0.2) is 0 Å². The summed E-state index contributed by atoms with van der Waals surface area (Å²) >= 11 is 0. The third-order valence-corrected chi connectivity index (χ3v) is 5.08. The lowest BCUT2D eigenvalue weighted by Crippen LogP contribution is -2.47. The van der Waals surface area contributed by atoms with Crippen LogP contribution in [0.2, 0.25) is 0 Å². The standard InChI is InChI=1S/C21H14F3N5O3/c1-12-17(11-26)19(16-7-6-13(10-25)8-18(16)29(31)32)27(2)20(30)28(12)15-5-3-4-14(9-15)21(22,23)24/h3-9,19H,1-2H3. The van der Waals surface area contributed by atoms with Gasteiger partial charge in [0.05, 0.1) is 45.0 Å². The zero-order valence-electron chi connectivity index (χ0n) is 16.7. The van der Waals surface area contributed by atoms with Gasteiger partial charge in [-0.3, -0.25) is 15.0 Å². The Labute approximate surface area is 180 Å². The number of allylic oxidation sites excluding steroid dienone is 1. The number of carbonyl (C=O) groups is 1. The molecule has 1 unspecified atom stereocenters. The van der Waals surface area contributed by atoms with E-state index in [4.69, 9.17) is 5.26 Å². The van der Waals surface area contributed by atoms with Crippen LogP contribution >= 0.6 is 0 Å². The van der Waals surface area contributed by atoms with E-state index in [1.807, 2.05) is 6.07 Å². The van der Waals surface area contributed by atoms with Crippen molar-refractivity contribution in [2.24, 2.45) is 0 Å². The SMILES string of the molecule is CC1=C(C#N)C(c2ccc(C#N)cc2[N+](=O)[O-])N(C)C(=O)N1c1cccc(C(F)(F)F)c1. The smallest absolute Gasteiger partial charge is 0.315 e. The maximum atomic E-state index is 13.2. The average molecular weight is 441 g/mol. The van der Waals surface area contributed by atoms with Gasteiger partial charge in [0.1, 0.15) is 6.04 Å². The van der Waals surface area contributed by atoms with Crippen LogP contribution in [0.15, 0.2) is 53.7 Å². The number of benzene rings is 2. The topological polar surface area (TPSA) is 114 Å². The number of hydrogen-bond acceptors (Lipinski definition) is 5. The number of nitrogens with zero attached hydrogens (tertiary/aromatic N) is 5. The monoisotopic (exact) mass is 441 g/mol. The fourth-order valence-corrected chi connectivity index (χ4v) is 3.56. The number of likely N-dealkylation sites (N-methyl/N-ethyl adjacent to an activating group) is 1. The van der Waals surface area contributed by atoms with E-state index in [0.29, 0.717) is 0 Å². The minimum atomic E-state index is -4.64. The first-order chi connectivity index (χ1) is 15.0. The van der Waals surface area contributed by atoms with Crippen LogP contribution in [0.25, 0.3) is 0 Å². The van der Waals surface area contributed by atoms with E-state index in [9.17, 15) is 33.3 Å². The maximum Gasteiger partial charge on any atom is 0.416 e. The maximum absolute atomic E-state index is 13.2. The predicted octanol–water partition coefficient (Wildman–Crippen LogP) is 4.90. The molecule has 0 aliphatic carbocycles. The number of rotatable bonds is 3. The Morgan fingerprint density at radius 1 is 1.12 bits per heavy atom. The molecule has 2 amide bonds. The van der Waals surface area contributed by atoms with Crippen molar-refractivity contribution >= 4 is 17.4 Å². The summed E-state index contributed by atoms with van der Waals surface area (Å²) in [5.74, 6) is 0. The average Bonchev–Trinajstić information content (AvgIpc) is 2.75. The van der Waals surface area contributed by atoms with Crippen LogP contribution in [-0.4, -0.2) is 22.9 Å². The van der Waals surface area contributed by atoms with Gasteiger partial charge in [0.2, 0.25) is 0 Å². The Balaban J connectivity index is 2.21. The van der Waals surface area contributed by atoms with E-state index >= 15 is 0 Å². The van der Waals surface area contributed by atoms with Gasteiger partial charge in [-0.2, -0.15) is 23.7 Å². The Morgan fingerprint density at radius 3 is 2.38 bits per heavy atom. The number of carbonyl (C=O) groups excluding carboxylic acids is 1. The third kappa shape index (κ3) is 3.72. The minimum absolute atomic E-state index is 0.00411. The molecule has 2 aromatic rings. The number of alkyl halides is 3. The summed E-state index contributed by atoms with van der Waals surface area (Å²) in [4.78, 5) is 26.0. The van der Waals surface area contributed by atoms with Crippen LogP contribution in [0.4, 0.5) is 29.3 Å². The van der Waals surface area contributed by atoms with Gasteiger partial charge in [0, 0.05) is 18.8 Å². The number of hydrogen-bond donors (Lipinski definition) is 0. The molecule has 162 valence electrons. The second-order valence-corrected chi connectivity index (χ2v) is 6.93. The molecule has 11 heteroatoms. The number of nitriles is 2. The summed E-state index contributed by atoms with van der Waals surface area (Å²) in [6.07, 6.45) is -4.64. The van der Waals surface area contributed by atoms with Crippen molar-refractivity contribution in [2.75, 3.05) is 11.9 Å². The molecule has 2 aromatic carbocycles. The second kappa shape index (κ2) is 8.04. The van der Waals surface area contributed by atoms with Gasteiger partial charge >= 0.3 is 12.2 Å². The van der Waals surface area contributed by atoms with Crippen LogP contribution in [0, 0.1) is 32.8 Å². The molecule has 1 aliphatic heterocycles. The summed E-state index contributed by atoms with van der Waals surface area (Å²) in [7, 11) is 1.29. The van der Waals surface area contributed by atoms with E-state index in [2.05, 4.69) is 0 Å². The molecule has 0 bridgehead atoms. The van der Waals surface area contributed by atoms with Crippen LogP contribution in [0.3, 0.4) is 0 Å². The summed E-state index contributed by atoms with van der Waals surface area (Å²) in [5, 5.41) is 30.4. The number of halogens is 3. The van der Waals surface area contributed by atoms with Gasteiger partial charge in [-0.05, 0) is 37.3 Å². The Hall–Kier alpha value is -4.38. The van der Waals surface area contributed by atoms with Crippen molar-refractivity contribution in [1.82, 2.24) is 4.90 Å². The Bertz CT molecular complexity index is 1240. The van der Waals surface area contributed by atoms with Crippen LogP contribution < -0.4 is 4.90 Å². The molecule has 8 nitrogen and oxygen atoms in total. The van der Waals surface area contributed by atoms with Crippen molar-refractivity contribution in [3.63, 3.8) is 0 Å². The first-order valence-electron chi connectivity index (χ1n) is 9.04. The fourth-order valence-electron chi connectivity index (χ4n) is 3.56. The highest BCUT2D eigenvalue weighted by Gasteiger charge is 2.41. The molecule has 1 atom stereocenters. The van der Waals surface area contributed by atoms with Gasteiger partial charge in [0.25, 0.3) is 5.69 Å². The van der Waals surface area contributed by atoms with Crippen molar-refractivity contribution in [1.29, 1.82) is 10.5 Å². The molecule has 0 spiro atoms. The molecule has 0 radical (unpaired) electrons. The Morgan fingerprint density at radius 2 is 1.81 bits per heavy atom. The van der Waals surface area contributed by atoms with E-state index < -0.39 is 34.4 Å².